The monoisotopic (exact) mass is 270 g/mol. The first-order valence-corrected chi connectivity index (χ1v) is 5.94. The standard InChI is InChI=1S/C12H15FN2O2S/c1-2-5-17-12(16)15-7-9-4-3-8(11(14)18)6-10(9)13/h3-4,6H,2,5,7H2,1H3,(H2,14,18)(H,15,16). The molecule has 0 spiro atoms. The molecule has 0 aromatic heterocycles. The molecule has 0 aliphatic heterocycles. The maximum Gasteiger partial charge on any atom is 0.407 e. The number of carbonyl (C=O) groups excluding carboxylic acids is 1. The molecule has 1 aromatic carbocycles. The van der Waals surface area contributed by atoms with Crippen molar-refractivity contribution in [2.45, 2.75) is 19.9 Å². The first kappa shape index (κ1) is 14.4. The fourth-order valence-corrected chi connectivity index (χ4v) is 1.38. The van der Waals surface area contributed by atoms with E-state index >= 15 is 0 Å². The second-order valence-corrected chi connectivity index (χ2v) is 4.10. The van der Waals surface area contributed by atoms with Crippen LogP contribution in [0.15, 0.2) is 18.2 Å². The number of nitrogens with two attached hydrogens (primary N) is 1. The molecule has 1 aromatic rings. The average Bonchev–Trinajstić information content (AvgIpc) is 2.34. The van der Waals surface area contributed by atoms with Gasteiger partial charge in [0.15, 0.2) is 0 Å². The van der Waals surface area contributed by atoms with E-state index in [4.69, 9.17) is 22.7 Å². The summed E-state index contributed by atoms with van der Waals surface area (Å²) >= 11 is 4.74. The Kier molecular flexibility index (Phi) is 5.51. The highest BCUT2D eigenvalue weighted by molar-refractivity contribution is 7.80. The van der Waals surface area contributed by atoms with E-state index < -0.39 is 11.9 Å². The predicted molar refractivity (Wildman–Crippen MR) is 70.8 cm³/mol. The van der Waals surface area contributed by atoms with Crippen LogP contribution in [0.1, 0.15) is 24.5 Å². The molecule has 0 aliphatic carbocycles. The number of benzene rings is 1. The Balaban J connectivity index is 2.58. The quantitative estimate of drug-likeness (QED) is 0.804. The number of amides is 1. The molecule has 0 saturated carbocycles. The Hall–Kier alpha value is -1.69. The summed E-state index contributed by atoms with van der Waals surface area (Å²) in [6.45, 7) is 2.29. The number of carbonyl (C=O) groups is 1. The van der Waals surface area contributed by atoms with Crippen LogP contribution in [-0.2, 0) is 11.3 Å². The highest BCUT2D eigenvalue weighted by Crippen LogP contribution is 2.10. The van der Waals surface area contributed by atoms with Crippen LogP contribution >= 0.6 is 12.2 Å². The molecule has 0 fully saturated rings. The summed E-state index contributed by atoms with van der Waals surface area (Å²) in [5.41, 5.74) is 6.19. The summed E-state index contributed by atoms with van der Waals surface area (Å²) in [6, 6.07) is 4.39. The molecule has 1 rings (SSSR count). The summed E-state index contributed by atoms with van der Waals surface area (Å²) in [5, 5.41) is 2.46. The molecule has 0 heterocycles. The number of halogens is 1. The lowest BCUT2D eigenvalue weighted by Crippen LogP contribution is -2.24. The molecule has 0 bridgehead atoms. The van der Waals surface area contributed by atoms with Gasteiger partial charge in [-0.1, -0.05) is 31.3 Å². The topological polar surface area (TPSA) is 64.3 Å². The van der Waals surface area contributed by atoms with Gasteiger partial charge >= 0.3 is 6.09 Å². The number of hydrogen-bond acceptors (Lipinski definition) is 3. The molecule has 0 radical (unpaired) electrons. The van der Waals surface area contributed by atoms with E-state index in [0.29, 0.717) is 17.7 Å². The van der Waals surface area contributed by atoms with E-state index in [2.05, 4.69) is 5.32 Å². The average molecular weight is 270 g/mol. The predicted octanol–water partition coefficient (Wildman–Crippen LogP) is 2.10. The highest BCUT2D eigenvalue weighted by Gasteiger charge is 2.07. The highest BCUT2D eigenvalue weighted by atomic mass is 32.1. The summed E-state index contributed by atoms with van der Waals surface area (Å²) in [7, 11) is 0. The molecule has 3 N–H and O–H groups in total. The van der Waals surface area contributed by atoms with Gasteiger partial charge in [0.1, 0.15) is 10.8 Å². The fraction of sp³-hybridized carbons (Fsp3) is 0.333. The third-order valence-electron chi connectivity index (χ3n) is 2.20. The van der Waals surface area contributed by atoms with Crippen LogP contribution in [0, 0.1) is 5.82 Å². The Morgan fingerprint density at radius 2 is 2.28 bits per heavy atom. The molecule has 98 valence electrons. The maximum absolute atomic E-state index is 13.6. The molecular formula is C12H15FN2O2S. The zero-order chi connectivity index (χ0) is 13.5. The van der Waals surface area contributed by atoms with Gasteiger partial charge in [-0.3, -0.25) is 0 Å². The van der Waals surface area contributed by atoms with Crippen LogP contribution < -0.4 is 11.1 Å². The van der Waals surface area contributed by atoms with Crippen molar-refractivity contribution in [1.29, 1.82) is 0 Å². The van der Waals surface area contributed by atoms with Crippen molar-refractivity contribution in [2.75, 3.05) is 6.61 Å². The molecule has 4 nitrogen and oxygen atoms in total. The van der Waals surface area contributed by atoms with Gasteiger partial charge < -0.3 is 15.8 Å². The molecule has 0 atom stereocenters. The second kappa shape index (κ2) is 6.90. The number of nitrogens with one attached hydrogen (secondary N) is 1. The van der Waals surface area contributed by atoms with Crippen LogP contribution in [-0.4, -0.2) is 17.7 Å². The minimum Gasteiger partial charge on any atom is -0.450 e. The van der Waals surface area contributed by atoms with Gasteiger partial charge in [0.05, 0.1) is 6.61 Å². The van der Waals surface area contributed by atoms with Crippen LogP contribution in [0.3, 0.4) is 0 Å². The van der Waals surface area contributed by atoms with Crippen LogP contribution in [0.4, 0.5) is 9.18 Å². The van der Waals surface area contributed by atoms with Crippen molar-refractivity contribution in [2.24, 2.45) is 5.73 Å². The normalized spacial score (nSPS) is 9.89. The lowest BCUT2D eigenvalue weighted by atomic mass is 10.1. The van der Waals surface area contributed by atoms with Crippen molar-refractivity contribution in [1.82, 2.24) is 5.32 Å². The zero-order valence-corrected chi connectivity index (χ0v) is 10.8. The molecule has 1 amide bonds. The SMILES string of the molecule is CCCOC(=O)NCc1ccc(C(N)=S)cc1F. The van der Waals surface area contributed by atoms with E-state index in [1.54, 1.807) is 6.07 Å². The van der Waals surface area contributed by atoms with Crippen molar-refractivity contribution >= 4 is 23.3 Å². The number of thiocarbonyl (C=S) groups is 1. The maximum atomic E-state index is 13.6. The third kappa shape index (κ3) is 4.29. The van der Waals surface area contributed by atoms with Crippen molar-refractivity contribution in [3.63, 3.8) is 0 Å². The molecule has 6 heteroatoms. The number of rotatable bonds is 5. The van der Waals surface area contributed by atoms with Crippen LogP contribution in [0.2, 0.25) is 0 Å². The van der Waals surface area contributed by atoms with Gasteiger partial charge in [-0.15, -0.1) is 0 Å². The van der Waals surface area contributed by atoms with Crippen LogP contribution in [0.25, 0.3) is 0 Å². The Morgan fingerprint density at radius 3 is 2.83 bits per heavy atom. The molecule has 0 saturated heterocycles. The number of ether oxygens (including phenoxy) is 1. The third-order valence-corrected chi connectivity index (χ3v) is 2.43. The van der Waals surface area contributed by atoms with Gasteiger partial charge in [-0.2, -0.15) is 0 Å². The second-order valence-electron chi connectivity index (χ2n) is 3.66. The molecule has 0 aliphatic rings. The minimum atomic E-state index is -0.560. The smallest absolute Gasteiger partial charge is 0.407 e. The van der Waals surface area contributed by atoms with Gasteiger partial charge in [-0.25, -0.2) is 9.18 Å². The summed E-state index contributed by atoms with van der Waals surface area (Å²) in [6.07, 6.45) is 0.180. The Labute approximate surface area is 110 Å². The lowest BCUT2D eigenvalue weighted by molar-refractivity contribution is 0.145. The van der Waals surface area contributed by atoms with E-state index in [1.165, 1.54) is 12.1 Å². The largest absolute Gasteiger partial charge is 0.450 e. The molecular weight excluding hydrogens is 255 g/mol. The number of alkyl carbamates (subject to hydrolysis) is 1. The Morgan fingerprint density at radius 1 is 1.56 bits per heavy atom. The molecule has 18 heavy (non-hydrogen) atoms. The lowest BCUT2D eigenvalue weighted by Gasteiger charge is -2.08. The summed E-state index contributed by atoms with van der Waals surface area (Å²) in [5.74, 6) is -0.462. The fourth-order valence-electron chi connectivity index (χ4n) is 1.26. The zero-order valence-electron chi connectivity index (χ0n) is 10.0. The van der Waals surface area contributed by atoms with Crippen LogP contribution in [0.5, 0.6) is 0 Å². The number of hydrogen-bond donors (Lipinski definition) is 2. The van der Waals surface area contributed by atoms with Crippen molar-refractivity contribution in [3.8, 4) is 0 Å². The van der Waals surface area contributed by atoms with Crippen molar-refractivity contribution in [3.05, 3.63) is 35.1 Å². The summed E-state index contributed by atoms with van der Waals surface area (Å²) < 4.78 is 18.4. The molecule has 0 unspecified atom stereocenters. The van der Waals surface area contributed by atoms with E-state index in [1.807, 2.05) is 6.92 Å². The van der Waals surface area contributed by atoms with Gasteiger partial charge in [0, 0.05) is 17.7 Å². The van der Waals surface area contributed by atoms with Gasteiger partial charge in [0.2, 0.25) is 0 Å². The Bertz CT molecular complexity index is 452. The van der Waals surface area contributed by atoms with E-state index in [0.717, 1.165) is 6.42 Å². The first-order chi connectivity index (χ1) is 8.54. The van der Waals surface area contributed by atoms with Crippen molar-refractivity contribution < 1.29 is 13.9 Å². The van der Waals surface area contributed by atoms with Gasteiger partial charge in [-0.05, 0) is 12.5 Å². The van der Waals surface area contributed by atoms with E-state index in [-0.39, 0.29) is 11.5 Å². The minimum absolute atomic E-state index is 0.0615. The summed E-state index contributed by atoms with van der Waals surface area (Å²) in [4.78, 5) is 11.3. The van der Waals surface area contributed by atoms with E-state index in [9.17, 15) is 9.18 Å². The first-order valence-electron chi connectivity index (χ1n) is 5.53. The van der Waals surface area contributed by atoms with Gasteiger partial charge in [0.25, 0.3) is 0 Å².